The van der Waals surface area contributed by atoms with E-state index in [1.807, 2.05) is 0 Å². The Morgan fingerprint density at radius 1 is 1.37 bits per heavy atom. The molecular formula is C15H19FO3. The number of hydrogen-bond donors (Lipinski definition) is 1. The lowest BCUT2D eigenvalue weighted by atomic mass is 9.70. The monoisotopic (exact) mass is 266 g/mol. The maximum absolute atomic E-state index is 14.1. The lowest BCUT2D eigenvalue weighted by Crippen LogP contribution is -2.35. The van der Waals surface area contributed by atoms with E-state index in [0.717, 1.165) is 19.3 Å². The van der Waals surface area contributed by atoms with Gasteiger partial charge in [0.25, 0.3) is 0 Å². The molecule has 1 N–H and O–H groups in total. The van der Waals surface area contributed by atoms with Crippen LogP contribution in [0.4, 0.5) is 4.39 Å². The summed E-state index contributed by atoms with van der Waals surface area (Å²) in [4.78, 5) is 11.6. The highest BCUT2D eigenvalue weighted by Crippen LogP contribution is 2.40. The lowest BCUT2D eigenvalue weighted by Gasteiger charge is -2.33. The maximum Gasteiger partial charge on any atom is 0.309 e. The van der Waals surface area contributed by atoms with E-state index in [9.17, 15) is 14.3 Å². The quantitative estimate of drug-likeness (QED) is 0.908. The third-order valence-corrected chi connectivity index (χ3v) is 4.06. The summed E-state index contributed by atoms with van der Waals surface area (Å²) < 4.78 is 19.1. The van der Waals surface area contributed by atoms with Crippen LogP contribution in [-0.4, -0.2) is 18.2 Å². The maximum atomic E-state index is 14.1. The van der Waals surface area contributed by atoms with Gasteiger partial charge in [0.2, 0.25) is 0 Å². The van der Waals surface area contributed by atoms with Gasteiger partial charge in [0.1, 0.15) is 0 Å². The zero-order chi connectivity index (χ0) is 13.9. The first-order valence-corrected chi connectivity index (χ1v) is 6.64. The first-order chi connectivity index (χ1) is 9.09. The van der Waals surface area contributed by atoms with E-state index in [0.29, 0.717) is 18.4 Å². The van der Waals surface area contributed by atoms with Gasteiger partial charge in [-0.25, -0.2) is 4.39 Å². The van der Waals surface area contributed by atoms with Crippen LogP contribution in [0, 0.1) is 11.2 Å². The molecule has 0 amide bonds. The molecule has 3 nitrogen and oxygen atoms in total. The average Bonchev–Trinajstić information content (AvgIpc) is 2.42. The van der Waals surface area contributed by atoms with E-state index in [4.69, 9.17) is 4.74 Å². The number of aliphatic carboxylic acids is 1. The molecule has 1 aliphatic carbocycles. The SMILES string of the molecule is COc1cccc(CC2(C(=O)O)CCCCC2)c1F. The van der Waals surface area contributed by atoms with Gasteiger partial charge in [-0.1, -0.05) is 31.4 Å². The minimum atomic E-state index is -0.814. The van der Waals surface area contributed by atoms with Crippen molar-refractivity contribution in [2.45, 2.75) is 38.5 Å². The van der Waals surface area contributed by atoms with Crippen molar-refractivity contribution in [3.63, 3.8) is 0 Å². The minimum absolute atomic E-state index is 0.175. The van der Waals surface area contributed by atoms with Crippen molar-refractivity contribution in [3.05, 3.63) is 29.6 Å². The van der Waals surface area contributed by atoms with E-state index < -0.39 is 17.2 Å². The zero-order valence-corrected chi connectivity index (χ0v) is 11.1. The summed E-state index contributed by atoms with van der Waals surface area (Å²) in [6, 6.07) is 4.90. The third-order valence-electron chi connectivity index (χ3n) is 4.06. The Bertz CT molecular complexity index is 464. The van der Waals surface area contributed by atoms with E-state index >= 15 is 0 Å². The number of carboxylic acid groups (broad SMARTS) is 1. The molecule has 1 aromatic rings. The van der Waals surface area contributed by atoms with Crippen molar-refractivity contribution in [2.24, 2.45) is 5.41 Å². The number of carboxylic acids is 1. The summed E-state index contributed by atoms with van der Waals surface area (Å²) in [5, 5.41) is 9.51. The van der Waals surface area contributed by atoms with Crippen LogP contribution < -0.4 is 4.74 Å². The number of benzene rings is 1. The topological polar surface area (TPSA) is 46.5 Å². The van der Waals surface area contributed by atoms with Crippen LogP contribution in [0.1, 0.15) is 37.7 Å². The first kappa shape index (κ1) is 13.8. The number of methoxy groups -OCH3 is 1. The molecule has 2 rings (SSSR count). The summed E-state index contributed by atoms with van der Waals surface area (Å²) in [5.74, 6) is -1.07. The molecule has 0 bridgehead atoms. The highest BCUT2D eigenvalue weighted by Gasteiger charge is 2.40. The average molecular weight is 266 g/mol. The molecule has 1 aromatic carbocycles. The standard InChI is InChI=1S/C15H19FO3/c1-19-12-7-5-6-11(13(12)16)10-15(14(17)18)8-3-2-4-9-15/h5-7H,2-4,8-10H2,1H3,(H,17,18). The summed E-state index contributed by atoms with van der Waals surface area (Å²) in [5.41, 5.74) is -0.380. The van der Waals surface area contributed by atoms with Crippen LogP contribution in [0.3, 0.4) is 0 Å². The molecular weight excluding hydrogens is 247 g/mol. The molecule has 0 heterocycles. The smallest absolute Gasteiger partial charge is 0.309 e. The van der Waals surface area contributed by atoms with Gasteiger partial charge in [-0.05, 0) is 30.9 Å². The molecule has 1 aliphatic rings. The Morgan fingerprint density at radius 2 is 2.05 bits per heavy atom. The van der Waals surface area contributed by atoms with Gasteiger partial charge < -0.3 is 9.84 Å². The predicted octanol–water partition coefficient (Wildman–Crippen LogP) is 3.41. The Morgan fingerprint density at radius 3 is 2.63 bits per heavy atom. The van der Waals surface area contributed by atoms with Gasteiger partial charge in [-0.15, -0.1) is 0 Å². The van der Waals surface area contributed by atoms with E-state index in [-0.39, 0.29) is 12.2 Å². The van der Waals surface area contributed by atoms with Crippen LogP contribution in [0.25, 0.3) is 0 Å². The molecule has 0 unspecified atom stereocenters. The van der Waals surface area contributed by atoms with Gasteiger partial charge >= 0.3 is 5.97 Å². The summed E-state index contributed by atoms with van der Waals surface area (Å²) >= 11 is 0. The molecule has 0 radical (unpaired) electrons. The van der Waals surface area contributed by atoms with Crippen molar-refractivity contribution >= 4 is 5.97 Å². The Kier molecular flexibility index (Phi) is 4.08. The van der Waals surface area contributed by atoms with Crippen molar-refractivity contribution in [2.75, 3.05) is 7.11 Å². The van der Waals surface area contributed by atoms with Crippen LogP contribution in [0.15, 0.2) is 18.2 Å². The molecule has 0 atom stereocenters. The number of ether oxygens (including phenoxy) is 1. The lowest BCUT2D eigenvalue weighted by molar-refractivity contribution is -0.151. The second-order valence-corrected chi connectivity index (χ2v) is 5.26. The second-order valence-electron chi connectivity index (χ2n) is 5.26. The van der Waals surface area contributed by atoms with Gasteiger partial charge in [-0.2, -0.15) is 0 Å². The zero-order valence-electron chi connectivity index (χ0n) is 11.1. The second kappa shape index (κ2) is 5.59. The summed E-state index contributed by atoms with van der Waals surface area (Å²) in [6.45, 7) is 0. The van der Waals surface area contributed by atoms with Crippen molar-refractivity contribution in [1.82, 2.24) is 0 Å². The summed E-state index contributed by atoms with van der Waals surface area (Å²) in [6.07, 6.45) is 4.36. The molecule has 0 aromatic heterocycles. The molecule has 1 fully saturated rings. The van der Waals surface area contributed by atoms with Gasteiger partial charge in [0.05, 0.1) is 12.5 Å². The molecule has 4 heteroatoms. The number of halogens is 1. The van der Waals surface area contributed by atoms with Crippen molar-refractivity contribution in [1.29, 1.82) is 0 Å². The van der Waals surface area contributed by atoms with E-state index in [1.54, 1.807) is 18.2 Å². The van der Waals surface area contributed by atoms with Crippen LogP contribution in [-0.2, 0) is 11.2 Å². The van der Waals surface area contributed by atoms with Crippen LogP contribution in [0.5, 0.6) is 5.75 Å². The van der Waals surface area contributed by atoms with Crippen LogP contribution >= 0.6 is 0 Å². The number of carbonyl (C=O) groups is 1. The fourth-order valence-corrected chi connectivity index (χ4v) is 2.91. The fourth-order valence-electron chi connectivity index (χ4n) is 2.91. The van der Waals surface area contributed by atoms with Gasteiger partial charge in [-0.3, -0.25) is 4.79 Å². The fraction of sp³-hybridized carbons (Fsp3) is 0.533. The van der Waals surface area contributed by atoms with Gasteiger partial charge in [0.15, 0.2) is 11.6 Å². The normalized spacial score (nSPS) is 18.0. The van der Waals surface area contributed by atoms with Crippen molar-refractivity contribution in [3.8, 4) is 5.75 Å². The summed E-state index contributed by atoms with van der Waals surface area (Å²) in [7, 11) is 1.41. The van der Waals surface area contributed by atoms with Gasteiger partial charge in [0, 0.05) is 0 Å². The molecule has 0 spiro atoms. The number of rotatable bonds is 4. The first-order valence-electron chi connectivity index (χ1n) is 6.64. The van der Waals surface area contributed by atoms with E-state index in [2.05, 4.69) is 0 Å². The molecule has 1 saturated carbocycles. The highest BCUT2D eigenvalue weighted by atomic mass is 19.1. The molecule has 104 valence electrons. The van der Waals surface area contributed by atoms with E-state index in [1.165, 1.54) is 7.11 Å². The molecule has 19 heavy (non-hydrogen) atoms. The Labute approximate surface area is 112 Å². The minimum Gasteiger partial charge on any atom is -0.494 e. The Balaban J connectivity index is 2.29. The predicted molar refractivity (Wildman–Crippen MR) is 69.8 cm³/mol. The molecule has 0 aliphatic heterocycles. The Hall–Kier alpha value is -1.58. The number of hydrogen-bond acceptors (Lipinski definition) is 2. The third kappa shape index (κ3) is 2.72. The largest absolute Gasteiger partial charge is 0.494 e. The van der Waals surface area contributed by atoms with Crippen molar-refractivity contribution < 1.29 is 19.0 Å². The van der Waals surface area contributed by atoms with Crippen LogP contribution in [0.2, 0.25) is 0 Å². The highest BCUT2D eigenvalue weighted by molar-refractivity contribution is 5.75. The molecule has 0 saturated heterocycles.